The van der Waals surface area contributed by atoms with Gasteiger partial charge in [-0.15, -0.1) is 0 Å². The van der Waals surface area contributed by atoms with E-state index in [0.29, 0.717) is 52.8 Å². The summed E-state index contributed by atoms with van der Waals surface area (Å²) >= 11 is 0. The number of aromatic nitrogens is 2. The second-order valence-electron chi connectivity index (χ2n) is 12.1. The maximum Gasteiger partial charge on any atom is 0.406 e. The third-order valence-electron chi connectivity index (χ3n) is 9.07. The number of nitrogens with one attached hydrogen (secondary N) is 1. The minimum atomic E-state index is -4.58. The van der Waals surface area contributed by atoms with E-state index < -0.39 is 24.5 Å². The van der Waals surface area contributed by atoms with Crippen molar-refractivity contribution >= 4 is 23.4 Å². The molecule has 1 unspecified atom stereocenters. The standard InChI is InChI=1S/C40H33F3N4O2/c1-2-3-23-46(24-40(41,42)43)39(49)37-30-18-10-9-17-29(30)31-21-22-32(28-16-8-7-15-27(28)26-13-5-4-6-14-26)36(35(31)37)38-45-33-19-11-12-20-34(33)47(38)44-25-48/h4-22,25,37H,2-3,23-24H2,1H3,(H,44,48). The Balaban J connectivity index is 1.57. The lowest BCUT2D eigenvalue weighted by Gasteiger charge is -2.29. The summed E-state index contributed by atoms with van der Waals surface area (Å²) in [5.41, 5.74) is 10.7. The molecule has 1 aliphatic carbocycles. The normalized spacial score (nSPS) is 13.6. The first kappa shape index (κ1) is 31.9. The Bertz CT molecular complexity index is 2170. The summed E-state index contributed by atoms with van der Waals surface area (Å²) in [4.78, 5) is 32.7. The topological polar surface area (TPSA) is 67.2 Å². The lowest BCUT2D eigenvalue weighted by molar-refractivity contribution is -0.161. The predicted octanol–water partition coefficient (Wildman–Crippen LogP) is 9.04. The molecule has 6 aromatic rings. The van der Waals surface area contributed by atoms with E-state index in [1.54, 1.807) is 10.7 Å². The van der Waals surface area contributed by atoms with Gasteiger partial charge in [-0.25, -0.2) is 9.66 Å². The van der Waals surface area contributed by atoms with Crippen molar-refractivity contribution < 1.29 is 22.8 Å². The summed E-state index contributed by atoms with van der Waals surface area (Å²) in [5, 5.41) is 0. The summed E-state index contributed by atoms with van der Waals surface area (Å²) in [5.74, 6) is -1.31. The van der Waals surface area contributed by atoms with Crippen molar-refractivity contribution in [2.75, 3.05) is 18.5 Å². The van der Waals surface area contributed by atoms with Crippen LogP contribution in [-0.2, 0) is 9.59 Å². The van der Waals surface area contributed by atoms with Crippen LogP contribution < -0.4 is 5.43 Å². The fourth-order valence-corrected chi connectivity index (χ4v) is 7.01. The van der Waals surface area contributed by atoms with Crippen LogP contribution in [0.4, 0.5) is 13.2 Å². The Hall–Kier alpha value is -5.70. The van der Waals surface area contributed by atoms with Gasteiger partial charge in [0.25, 0.3) is 0 Å². The van der Waals surface area contributed by atoms with Crippen LogP contribution in [0.1, 0.15) is 36.8 Å². The van der Waals surface area contributed by atoms with Crippen molar-refractivity contribution in [1.82, 2.24) is 14.6 Å². The molecule has 1 atom stereocenters. The number of rotatable bonds is 10. The zero-order valence-corrected chi connectivity index (χ0v) is 26.7. The van der Waals surface area contributed by atoms with Gasteiger partial charge >= 0.3 is 6.18 Å². The van der Waals surface area contributed by atoms with Gasteiger partial charge in [0.1, 0.15) is 6.54 Å². The Morgan fingerprint density at radius 2 is 1.47 bits per heavy atom. The van der Waals surface area contributed by atoms with Crippen molar-refractivity contribution in [3.8, 4) is 44.8 Å². The van der Waals surface area contributed by atoms with Gasteiger partial charge in [0.15, 0.2) is 5.82 Å². The van der Waals surface area contributed by atoms with Gasteiger partial charge in [0, 0.05) is 12.1 Å². The molecular weight excluding hydrogens is 625 g/mol. The highest BCUT2D eigenvalue weighted by Gasteiger charge is 2.42. The molecule has 6 nitrogen and oxygen atoms in total. The number of fused-ring (bicyclic) bond motifs is 4. The molecule has 0 bridgehead atoms. The van der Waals surface area contributed by atoms with E-state index in [0.717, 1.165) is 38.3 Å². The number of carbonyl (C=O) groups excluding carboxylic acids is 2. The van der Waals surface area contributed by atoms with Gasteiger partial charge < -0.3 is 4.90 Å². The second kappa shape index (κ2) is 13.1. The zero-order chi connectivity index (χ0) is 34.1. The van der Waals surface area contributed by atoms with E-state index in [9.17, 15) is 22.8 Å². The number of hydrogen-bond acceptors (Lipinski definition) is 3. The number of carbonyl (C=O) groups is 2. The Morgan fingerprint density at radius 3 is 2.20 bits per heavy atom. The van der Waals surface area contributed by atoms with E-state index >= 15 is 0 Å². The van der Waals surface area contributed by atoms with Crippen LogP contribution in [0, 0.1) is 0 Å². The molecule has 7 rings (SSSR count). The fraction of sp³-hybridized carbons (Fsp3) is 0.175. The molecule has 0 aliphatic heterocycles. The quantitative estimate of drug-likeness (QED) is 0.149. The van der Waals surface area contributed by atoms with Gasteiger partial charge in [0.05, 0.1) is 17.0 Å². The maximum atomic E-state index is 14.7. The molecule has 0 saturated heterocycles. The molecule has 5 aromatic carbocycles. The second-order valence-corrected chi connectivity index (χ2v) is 12.1. The molecule has 1 aliphatic rings. The third kappa shape index (κ3) is 5.86. The van der Waals surface area contributed by atoms with Crippen molar-refractivity contribution in [2.24, 2.45) is 0 Å². The van der Waals surface area contributed by atoms with Gasteiger partial charge in [-0.2, -0.15) is 13.2 Å². The Kier molecular flexibility index (Phi) is 8.50. The largest absolute Gasteiger partial charge is 0.406 e. The number of nitrogens with zero attached hydrogens (tertiary/aromatic N) is 3. The first-order valence-corrected chi connectivity index (χ1v) is 16.2. The number of amides is 2. The molecule has 0 spiro atoms. The smallest absolute Gasteiger partial charge is 0.333 e. The van der Waals surface area contributed by atoms with Gasteiger partial charge in [-0.05, 0) is 63.1 Å². The summed E-state index contributed by atoms with van der Waals surface area (Å²) in [6.45, 7) is 0.506. The monoisotopic (exact) mass is 658 g/mol. The number of unbranched alkanes of at least 4 members (excludes halogenated alkanes) is 1. The van der Waals surface area contributed by atoms with Crippen molar-refractivity contribution in [1.29, 1.82) is 0 Å². The van der Waals surface area contributed by atoms with Crippen LogP contribution in [0.5, 0.6) is 0 Å². The Labute approximate surface area is 281 Å². The average Bonchev–Trinajstić information content (AvgIpc) is 3.65. The summed E-state index contributed by atoms with van der Waals surface area (Å²) < 4.78 is 43.6. The first-order chi connectivity index (χ1) is 23.8. The van der Waals surface area contributed by atoms with Crippen molar-refractivity contribution in [3.63, 3.8) is 0 Å². The van der Waals surface area contributed by atoms with E-state index in [1.165, 1.54) is 0 Å². The number of benzene rings is 5. The van der Waals surface area contributed by atoms with Crippen LogP contribution in [0.2, 0.25) is 0 Å². The van der Waals surface area contributed by atoms with Crippen LogP contribution in [0.25, 0.3) is 55.8 Å². The van der Waals surface area contributed by atoms with Gasteiger partial charge in [-0.1, -0.05) is 116 Å². The highest BCUT2D eigenvalue weighted by molar-refractivity contribution is 6.04. The summed E-state index contributed by atoms with van der Waals surface area (Å²) in [6, 6.07) is 36.4. The van der Waals surface area contributed by atoms with E-state index in [2.05, 4.69) is 5.43 Å². The number of halogens is 3. The lowest BCUT2D eigenvalue weighted by atomic mass is 9.84. The summed E-state index contributed by atoms with van der Waals surface area (Å²) in [7, 11) is 0. The predicted molar refractivity (Wildman–Crippen MR) is 186 cm³/mol. The average molecular weight is 659 g/mol. The highest BCUT2D eigenvalue weighted by atomic mass is 19.4. The molecule has 0 fully saturated rings. The third-order valence-corrected chi connectivity index (χ3v) is 9.07. The van der Waals surface area contributed by atoms with Gasteiger partial charge in [0.2, 0.25) is 12.3 Å². The van der Waals surface area contributed by atoms with E-state index in [1.807, 2.05) is 116 Å². The molecule has 1 aromatic heterocycles. The number of para-hydroxylation sites is 2. The minimum absolute atomic E-state index is 0.0279. The number of alkyl halides is 3. The van der Waals surface area contributed by atoms with Crippen LogP contribution in [0.3, 0.4) is 0 Å². The molecule has 0 saturated carbocycles. The lowest BCUT2D eigenvalue weighted by Crippen LogP contribution is -2.42. The maximum absolute atomic E-state index is 14.7. The van der Waals surface area contributed by atoms with E-state index in [-0.39, 0.29) is 6.54 Å². The Morgan fingerprint density at radius 1 is 0.816 bits per heavy atom. The highest BCUT2D eigenvalue weighted by Crippen LogP contribution is 2.53. The van der Waals surface area contributed by atoms with E-state index in [4.69, 9.17) is 4.98 Å². The van der Waals surface area contributed by atoms with Crippen molar-refractivity contribution in [3.05, 3.63) is 126 Å². The molecule has 1 heterocycles. The zero-order valence-electron chi connectivity index (χ0n) is 26.7. The summed E-state index contributed by atoms with van der Waals surface area (Å²) in [6.07, 6.45) is -2.96. The first-order valence-electron chi connectivity index (χ1n) is 16.2. The van der Waals surface area contributed by atoms with Gasteiger partial charge in [-0.3, -0.25) is 15.0 Å². The number of hydrogen-bond donors (Lipinski definition) is 1. The molecule has 0 radical (unpaired) electrons. The van der Waals surface area contributed by atoms with Crippen LogP contribution >= 0.6 is 0 Å². The molecular formula is C40H33F3N4O2. The molecule has 1 N–H and O–H groups in total. The molecule has 9 heteroatoms. The molecule has 246 valence electrons. The minimum Gasteiger partial charge on any atom is -0.333 e. The SMILES string of the molecule is CCCCN(CC(F)(F)F)C(=O)C1c2ccccc2-c2ccc(-c3ccccc3-c3ccccc3)c(-c3nc4ccccc4n3NC=O)c21. The van der Waals surface area contributed by atoms with Crippen LogP contribution in [-0.4, -0.2) is 46.1 Å². The molecule has 49 heavy (non-hydrogen) atoms. The molecule has 2 amide bonds. The van der Waals surface area contributed by atoms with Crippen LogP contribution in [0.15, 0.2) is 115 Å². The van der Waals surface area contributed by atoms with Crippen molar-refractivity contribution in [2.45, 2.75) is 31.9 Å². The number of imidazole rings is 1. The fourth-order valence-electron chi connectivity index (χ4n) is 7.01.